The molecule has 0 N–H and O–H groups in total. The van der Waals surface area contributed by atoms with E-state index < -0.39 is 8.24 Å². The molecule has 9 heavy (non-hydrogen) atoms. The van der Waals surface area contributed by atoms with Gasteiger partial charge in [0.15, 0.2) is 0 Å². The summed E-state index contributed by atoms with van der Waals surface area (Å²) in [6, 6.07) is 1.57. The average Bonchev–Trinajstić information content (AvgIpc) is 2.08. The Kier molecular flexibility index (Phi) is 2.13. The summed E-state index contributed by atoms with van der Waals surface area (Å²) in [4.78, 5) is 0. The topological polar surface area (TPSA) is 3.24 Å². The highest BCUT2D eigenvalue weighted by atomic mass is 28.4. The van der Waals surface area contributed by atoms with Crippen molar-refractivity contribution in [2.75, 3.05) is 6.54 Å². The fourth-order valence-corrected chi connectivity index (χ4v) is 6.65. The first-order valence-corrected chi connectivity index (χ1v) is 8.94. The van der Waals surface area contributed by atoms with E-state index in [9.17, 15) is 0 Å². The zero-order valence-corrected chi connectivity index (χ0v) is 9.19. The van der Waals surface area contributed by atoms with Gasteiger partial charge in [-0.25, -0.2) is 0 Å². The molecular weight excluding hydrogens is 142 g/mol. The van der Waals surface area contributed by atoms with Crippen molar-refractivity contribution in [3.05, 3.63) is 0 Å². The van der Waals surface area contributed by atoms with Gasteiger partial charge in [0, 0.05) is 0 Å². The Morgan fingerprint density at radius 1 is 1.33 bits per heavy atom. The predicted octanol–water partition coefficient (Wildman–Crippen LogP) is 1.03. The minimum absolute atomic E-state index is 0.248. The van der Waals surface area contributed by atoms with E-state index in [2.05, 4.69) is 23.9 Å². The van der Waals surface area contributed by atoms with Crippen LogP contribution in [0.4, 0.5) is 0 Å². The van der Waals surface area contributed by atoms with E-state index in [4.69, 9.17) is 0 Å². The van der Waals surface area contributed by atoms with Crippen molar-refractivity contribution in [3.8, 4) is 0 Å². The standard InChI is InChI=1S/C6H17NSi2/c1-9(2,3)7-5-4-6-8-7/h4-6,8H2,1-3H3. The molecule has 1 saturated heterocycles. The molecule has 1 fully saturated rings. The first-order valence-electron chi connectivity index (χ1n) is 3.86. The van der Waals surface area contributed by atoms with Crippen molar-refractivity contribution in [2.45, 2.75) is 32.1 Å². The summed E-state index contributed by atoms with van der Waals surface area (Å²) in [7, 11) is -0.581. The lowest BCUT2D eigenvalue weighted by atomic mass is 10.5. The van der Waals surface area contributed by atoms with Gasteiger partial charge in [0.25, 0.3) is 0 Å². The molecule has 0 aromatic heterocycles. The minimum atomic E-state index is -0.829. The molecule has 0 aromatic rings. The molecular formula is C6H17NSi2. The van der Waals surface area contributed by atoms with Gasteiger partial charge in [0.1, 0.15) is 8.24 Å². The maximum absolute atomic E-state index is 2.83. The first-order chi connectivity index (χ1) is 4.11. The summed E-state index contributed by atoms with van der Waals surface area (Å²) in [5.74, 6) is 0. The first kappa shape index (κ1) is 7.50. The van der Waals surface area contributed by atoms with Gasteiger partial charge >= 0.3 is 0 Å². The smallest absolute Gasteiger partial charge is 0.112 e. The van der Waals surface area contributed by atoms with Gasteiger partial charge in [0.2, 0.25) is 0 Å². The molecule has 0 aliphatic carbocycles. The summed E-state index contributed by atoms with van der Waals surface area (Å²) < 4.78 is 2.83. The van der Waals surface area contributed by atoms with Gasteiger partial charge in [-0.1, -0.05) is 19.6 Å². The largest absolute Gasteiger partial charge is 0.350 e. The van der Waals surface area contributed by atoms with E-state index >= 15 is 0 Å². The van der Waals surface area contributed by atoms with E-state index in [1.165, 1.54) is 13.0 Å². The van der Waals surface area contributed by atoms with Crippen molar-refractivity contribution >= 4 is 17.9 Å². The Balaban J connectivity index is 2.42. The molecule has 0 radical (unpaired) electrons. The van der Waals surface area contributed by atoms with Crippen LogP contribution in [-0.2, 0) is 0 Å². The Bertz CT molecular complexity index is 91.7. The van der Waals surface area contributed by atoms with Crippen LogP contribution in [0.3, 0.4) is 0 Å². The quantitative estimate of drug-likeness (QED) is 0.517. The van der Waals surface area contributed by atoms with E-state index in [1.807, 2.05) is 0 Å². The summed E-state index contributed by atoms with van der Waals surface area (Å²) in [5.41, 5.74) is 0. The molecule has 0 spiro atoms. The Morgan fingerprint density at radius 3 is 2.22 bits per heavy atom. The van der Waals surface area contributed by atoms with Crippen LogP contribution in [0, 0.1) is 0 Å². The zero-order chi connectivity index (χ0) is 6.91. The average molecular weight is 159 g/mol. The van der Waals surface area contributed by atoms with Crippen LogP contribution >= 0.6 is 0 Å². The third-order valence-corrected chi connectivity index (χ3v) is 9.36. The lowest BCUT2D eigenvalue weighted by molar-refractivity contribution is 0.682. The van der Waals surface area contributed by atoms with Crippen LogP contribution < -0.4 is 0 Å². The molecule has 0 unspecified atom stereocenters. The Hall–Kier alpha value is 0.394. The second kappa shape index (κ2) is 2.56. The number of hydrogen-bond acceptors (Lipinski definition) is 1. The SMILES string of the molecule is C[Si](C)(C)N1CCC[SiH2]1. The maximum atomic E-state index is 2.83. The number of hydrogen-bond donors (Lipinski definition) is 0. The van der Waals surface area contributed by atoms with E-state index in [0.717, 1.165) is 0 Å². The fraction of sp³-hybridized carbons (Fsp3) is 1.00. The van der Waals surface area contributed by atoms with Gasteiger partial charge in [-0.3, -0.25) is 0 Å². The summed E-state index contributed by atoms with van der Waals surface area (Å²) >= 11 is 0. The molecule has 0 aromatic carbocycles. The van der Waals surface area contributed by atoms with Crippen LogP contribution in [0.15, 0.2) is 0 Å². The van der Waals surface area contributed by atoms with E-state index in [1.54, 1.807) is 6.04 Å². The highest BCUT2D eigenvalue weighted by Crippen LogP contribution is 2.15. The highest BCUT2D eigenvalue weighted by Gasteiger charge is 2.25. The molecule has 0 bridgehead atoms. The van der Waals surface area contributed by atoms with Crippen LogP contribution in [-0.4, -0.2) is 28.7 Å². The molecule has 3 heteroatoms. The van der Waals surface area contributed by atoms with Crippen LogP contribution in [0.5, 0.6) is 0 Å². The molecule has 1 aliphatic heterocycles. The van der Waals surface area contributed by atoms with Crippen molar-refractivity contribution in [3.63, 3.8) is 0 Å². The molecule has 0 amide bonds. The number of rotatable bonds is 1. The van der Waals surface area contributed by atoms with Crippen LogP contribution in [0.1, 0.15) is 6.42 Å². The third-order valence-electron chi connectivity index (χ3n) is 2.05. The lowest BCUT2D eigenvalue weighted by Gasteiger charge is -2.29. The monoisotopic (exact) mass is 159 g/mol. The van der Waals surface area contributed by atoms with Gasteiger partial charge in [0.05, 0.1) is 9.68 Å². The molecule has 0 atom stereocenters. The summed E-state index contributed by atoms with van der Waals surface area (Å²) in [6.07, 6.45) is 1.50. The minimum Gasteiger partial charge on any atom is -0.350 e. The molecule has 1 aliphatic rings. The van der Waals surface area contributed by atoms with Gasteiger partial charge in [-0.05, 0) is 19.0 Å². The van der Waals surface area contributed by atoms with E-state index in [0.29, 0.717) is 0 Å². The van der Waals surface area contributed by atoms with Crippen molar-refractivity contribution in [1.82, 2.24) is 4.23 Å². The molecule has 54 valence electrons. The van der Waals surface area contributed by atoms with Gasteiger partial charge < -0.3 is 4.23 Å². The maximum Gasteiger partial charge on any atom is 0.112 e. The second-order valence-electron chi connectivity index (χ2n) is 3.86. The van der Waals surface area contributed by atoms with Crippen molar-refractivity contribution < 1.29 is 0 Å². The van der Waals surface area contributed by atoms with Gasteiger partial charge in [-0.2, -0.15) is 0 Å². The normalized spacial score (nSPS) is 25.7. The Morgan fingerprint density at radius 2 is 2.00 bits per heavy atom. The van der Waals surface area contributed by atoms with Crippen molar-refractivity contribution in [2.24, 2.45) is 0 Å². The predicted molar refractivity (Wildman–Crippen MR) is 48.0 cm³/mol. The van der Waals surface area contributed by atoms with Crippen LogP contribution in [0.25, 0.3) is 0 Å². The van der Waals surface area contributed by atoms with Crippen molar-refractivity contribution in [1.29, 1.82) is 0 Å². The number of nitrogens with zero attached hydrogens (tertiary/aromatic N) is 1. The van der Waals surface area contributed by atoms with E-state index in [-0.39, 0.29) is 9.68 Å². The molecule has 1 nitrogen and oxygen atoms in total. The summed E-state index contributed by atoms with van der Waals surface area (Å²) in [5, 5.41) is 0. The highest BCUT2D eigenvalue weighted by molar-refractivity contribution is 6.79. The lowest BCUT2D eigenvalue weighted by Crippen LogP contribution is -2.45. The Labute approximate surface area is 61.4 Å². The van der Waals surface area contributed by atoms with Gasteiger partial charge in [-0.15, -0.1) is 0 Å². The van der Waals surface area contributed by atoms with Crippen LogP contribution in [0.2, 0.25) is 25.7 Å². The zero-order valence-electron chi connectivity index (χ0n) is 6.78. The molecule has 0 saturated carbocycles. The summed E-state index contributed by atoms with van der Waals surface area (Å²) in [6.45, 7) is 8.82. The second-order valence-corrected chi connectivity index (χ2v) is 11.4. The fourth-order valence-electron chi connectivity index (χ4n) is 1.39. The third kappa shape index (κ3) is 1.91. The molecule has 1 rings (SSSR count). The molecule has 1 heterocycles.